The first kappa shape index (κ1) is 28.5. The lowest BCUT2D eigenvalue weighted by Crippen LogP contribution is -2.52. The highest BCUT2D eigenvalue weighted by Crippen LogP contribution is 2.33. The van der Waals surface area contributed by atoms with Crippen molar-refractivity contribution in [1.82, 2.24) is 34.8 Å². The van der Waals surface area contributed by atoms with E-state index in [-0.39, 0.29) is 16.1 Å². The molecule has 4 aromatic heterocycles. The average molecular weight is 595 g/mol. The highest BCUT2D eigenvalue weighted by Gasteiger charge is 2.28. The molecule has 5 aromatic rings. The van der Waals surface area contributed by atoms with Crippen LogP contribution in [0.4, 0.5) is 5.82 Å². The zero-order valence-electron chi connectivity index (χ0n) is 22.7. The van der Waals surface area contributed by atoms with Crippen LogP contribution in [0.2, 0.25) is 10.6 Å². The van der Waals surface area contributed by atoms with Gasteiger partial charge in [0, 0.05) is 25.7 Å². The Balaban J connectivity index is 0.000000202. The van der Waals surface area contributed by atoms with Crippen LogP contribution in [-0.2, 0) is 6.42 Å². The summed E-state index contributed by atoms with van der Waals surface area (Å²) in [5.41, 5.74) is 2.11. The highest BCUT2D eigenvalue weighted by molar-refractivity contribution is 6.29. The van der Waals surface area contributed by atoms with Crippen LogP contribution in [0.1, 0.15) is 5.56 Å². The van der Waals surface area contributed by atoms with E-state index >= 15 is 0 Å². The van der Waals surface area contributed by atoms with Crippen LogP contribution < -0.4 is 19.9 Å². The van der Waals surface area contributed by atoms with Crippen molar-refractivity contribution in [3.05, 3.63) is 81.6 Å². The first-order valence-electron chi connectivity index (χ1n) is 12.8. The predicted octanol–water partition coefficient (Wildman–Crippen LogP) is 4.03. The van der Waals surface area contributed by atoms with Gasteiger partial charge in [-0.05, 0) is 42.2 Å². The quantitative estimate of drug-likeness (QED) is 0.298. The molecule has 0 aliphatic carbocycles. The minimum Gasteiger partial charge on any atom is -0.494 e. The molecule has 212 valence electrons. The second-order valence-corrected chi connectivity index (χ2v) is 10.1. The Morgan fingerprint density at radius 2 is 1.56 bits per heavy atom. The van der Waals surface area contributed by atoms with Crippen molar-refractivity contribution in [2.24, 2.45) is 0 Å². The molecule has 0 saturated carbocycles. The normalized spacial score (nSPS) is 15.4. The van der Waals surface area contributed by atoms with Gasteiger partial charge in [-0.1, -0.05) is 30.3 Å². The van der Waals surface area contributed by atoms with Gasteiger partial charge in [0.25, 0.3) is 5.56 Å². The first-order valence-corrected chi connectivity index (χ1v) is 13.6. The van der Waals surface area contributed by atoms with Gasteiger partial charge in [-0.2, -0.15) is 4.98 Å². The maximum atomic E-state index is 11.5. The van der Waals surface area contributed by atoms with Gasteiger partial charge in [-0.15, -0.1) is 0 Å². The molecule has 1 N–H and O–H groups in total. The molecular weight excluding hydrogens is 567 g/mol. The molecule has 0 unspecified atom stereocenters. The van der Waals surface area contributed by atoms with Gasteiger partial charge in [-0.3, -0.25) is 24.6 Å². The summed E-state index contributed by atoms with van der Waals surface area (Å²) in [7, 11) is 5.28. The van der Waals surface area contributed by atoms with Crippen LogP contribution >= 0.6 is 23.2 Å². The zero-order valence-corrected chi connectivity index (χ0v) is 24.2. The summed E-state index contributed by atoms with van der Waals surface area (Å²) < 4.78 is 10.5. The summed E-state index contributed by atoms with van der Waals surface area (Å²) in [5.74, 6) is 1.86. The van der Waals surface area contributed by atoms with E-state index < -0.39 is 0 Å². The van der Waals surface area contributed by atoms with Gasteiger partial charge in [0.05, 0.1) is 49.9 Å². The fourth-order valence-corrected chi connectivity index (χ4v) is 5.17. The molecule has 5 heterocycles. The summed E-state index contributed by atoms with van der Waals surface area (Å²) in [6, 6.07) is 11.0. The zero-order chi connectivity index (χ0) is 28.9. The van der Waals surface area contributed by atoms with Gasteiger partial charge in [-0.25, -0.2) is 9.97 Å². The van der Waals surface area contributed by atoms with Crippen molar-refractivity contribution in [3.63, 3.8) is 0 Å². The summed E-state index contributed by atoms with van der Waals surface area (Å²) in [4.78, 5) is 39.4. The second kappa shape index (κ2) is 12.6. The Labute approximate surface area is 246 Å². The molecular formula is C28H28Cl2N8O3. The highest BCUT2D eigenvalue weighted by atomic mass is 35.5. The number of pyridine rings is 2. The number of likely N-dealkylation sites (N-methyl/N-ethyl adjacent to an activating group) is 1. The molecule has 0 spiro atoms. The molecule has 1 aliphatic heterocycles. The standard InChI is InChI=1S/C20H22ClN5O.C8H6ClN3O2/c1-25-8-9-26(13-15(25)10-14-6-4-3-5-7-14)19-18-16(23-20(21)24-19)11-22-12-17(18)27-2;1-14-5-3-10-2-4-6(5)7(13)12-8(9)11-4/h3-7,11-12,15H,8-10,13H2,1-2H3;2-3H,1H3,(H,11,12,13)/t15-;/m0./s1. The lowest BCUT2D eigenvalue weighted by atomic mass is 10.0. The molecule has 11 nitrogen and oxygen atoms in total. The molecule has 41 heavy (non-hydrogen) atoms. The van der Waals surface area contributed by atoms with Gasteiger partial charge < -0.3 is 14.4 Å². The number of hydrogen-bond donors (Lipinski definition) is 1. The molecule has 1 aliphatic rings. The van der Waals surface area contributed by atoms with Gasteiger partial charge in [0.2, 0.25) is 10.6 Å². The van der Waals surface area contributed by atoms with Crippen LogP contribution in [-0.4, -0.2) is 81.7 Å². The van der Waals surface area contributed by atoms with Crippen molar-refractivity contribution in [3.8, 4) is 11.5 Å². The van der Waals surface area contributed by atoms with Crippen molar-refractivity contribution < 1.29 is 9.47 Å². The van der Waals surface area contributed by atoms with E-state index in [4.69, 9.17) is 32.7 Å². The molecule has 0 bridgehead atoms. The fourth-order valence-electron chi connectivity index (χ4n) is 4.83. The number of anilines is 1. The molecule has 1 fully saturated rings. The van der Waals surface area contributed by atoms with Crippen LogP contribution in [0.15, 0.2) is 59.9 Å². The first-order chi connectivity index (χ1) is 19.9. The largest absolute Gasteiger partial charge is 0.494 e. The lowest BCUT2D eigenvalue weighted by molar-refractivity contribution is 0.217. The minimum atomic E-state index is -0.334. The number of aromatic amines is 1. The maximum Gasteiger partial charge on any atom is 0.263 e. The molecule has 1 aromatic carbocycles. The molecule has 0 amide bonds. The number of rotatable bonds is 5. The van der Waals surface area contributed by atoms with E-state index in [1.807, 2.05) is 0 Å². The SMILES string of the molecule is COc1cncc2nc(Cl)[nH]c(=O)c12.COc1cncc2nc(Cl)nc(N3CCN(C)[C@@H](Cc4ccccc4)C3)c12. The Bertz CT molecular complexity index is 1720. The number of benzene rings is 1. The third-order valence-corrected chi connectivity index (χ3v) is 7.26. The van der Waals surface area contributed by atoms with Crippen LogP contribution in [0, 0.1) is 0 Å². The van der Waals surface area contributed by atoms with Gasteiger partial charge >= 0.3 is 0 Å². The number of aromatic nitrogens is 6. The number of methoxy groups -OCH3 is 2. The van der Waals surface area contributed by atoms with E-state index in [1.54, 1.807) is 19.5 Å². The number of hydrogen-bond acceptors (Lipinski definition) is 10. The van der Waals surface area contributed by atoms with Crippen molar-refractivity contribution in [1.29, 1.82) is 0 Å². The summed E-state index contributed by atoms with van der Waals surface area (Å²) in [6.07, 6.45) is 7.29. The number of nitrogens with one attached hydrogen (secondary N) is 1. The number of nitrogens with zero attached hydrogens (tertiary/aromatic N) is 7. The van der Waals surface area contributed by atoms with Gasteiger partial charge in [0.1, 0.15) is 22.5 Å². The number of halogens is 2. The van der Waals surface area contributed by atoms with Crippen molar-refractivity contribution in [2.75, 3.05) is 45.8 Å². The Morgan fingerprint density at radius 3 is 2.24 bits per heavy atom. The van der Waals surface area contributed by atoms with Crippen molar-refractivity contribution in [2.45, 2.75) is 12.5 Å². The Kier molecular flexibility index (Phi) is 8.77. The van der Waals surface area contributed by atoms with Crippen LogP contribution in [0.3, 0.4) is 0 Å². The topological polar surface area (TPSA) is 122 Å². The lowest BCUT2D eigenvalue weighted by Gasteiger charge is -2.40. The number of fused-ring (bicyclic) bond motifs is 2. The predicted molar refractivity (Wildman–Crippen MR) is 159 cm³/mol. The third kappa shape index (κ3) is 6.32. The summed E-state index contributed by atoms with van der Waals surface area (Å²) >= 11 is 11.8. The fraction of sp³-hybridized carbons (Fsp3) is 0.286. The Morgan fingerprint density at radius 1 is 0.902 bits per heavy atom. The third-order valence-electron chi connectivity index (χ3n) is 6.91. The van der Waals surface area contributed by atoms with Crippen LogP contribution in [0.25, 0.3) is 21.8 Å². The minimum absolute atomic E-state index is 0.0394. The van der Waals surface area contributed by atoms with Crippen molar-refractivity contribution >= 4 is 50.8 Å². The Hall–Kier alpha value is -4.06. The average Bonchev–Trinajstić information content (AvgIpc) is 2.97. The maximum absolute atomic E-state index is 11.5. The van der Waals surface area contributed by atoms with E-state index in [0.29, 0.717) is 34.0 Å². The summed E-state index contributed by atoms with van der Waals surface area (Å²) in [5, 5.41) is 1.48. The molecule has 1 saturated heterocycles. The molecule has 0 radical (unpaired) electrons. The van der Waals surface area contributed by atoms with Crippen LogP contribution in [0.5, 0.6) is 11.5 Å². The van der Waals surface area contributed by atoms with E-state index in [9.17, 15) is 4.79 Å². The number of H-pyrrole nitrogens is 1. The van der Waals surface area contributed by atoms with E-state index in [1.165, 1.54) is 25.1 Å². The molecule has 6 rings (SSSR count). The van der Waals surface area contributed by atoms with E-state index in [0.717, 1.165) is 37.3 Å². The molecule has 1 atom stereocenters. The monoisotopic (exact) mass is 594 g/mol. The van der Waals surface area contributed by atoms with Gasteiger partial charge in [0.15, 0.2) is 5.75 Å². The molecule has 13 heteroatoms. The number of piperazine rings is 1. The second-order valence-electron chi connectivity index (χ2n) is 9.41. The smallest absolute Gasteiger partial charge is 0.263 e. The number of ether oxygens (including phenoxy) is 2. The summed E-state index contributed by atoms with van der Waals surface area (Å²) in [6.45, 7) is 2.68. The van der Waals surface area contributed by atoms with E-state index in [2.05, 4.69) is 77.1 Å².